The van der Waals surface area contributed by atoms with Crippen molar-refractivity contribution < 1.29 is 4.79 Å². The maximum atomic E-state index is 12.6. The van der Waals surface area contributed by atoms with Crippen LogP contribution < -0.4 is 10.6 Å². The number of allylic oxidation sites excluding steroid dienone is 1. The van der Waals surface area contributed by atoms with Gasteiger partial charge in [0.05, 0.1) is 0 Å². The van der Waals surface area contributed by atoms with Gasteiger partial charge in [-0.3, -0.25) is 4.79 Å². The van der Waals surface area contributed by atoms with Crippen molar-refractivity contribution in [2.45, 2.75) is 18.8 Å². The molecule has 4 rings (SSSR count). The third-order valence-electron chi connectivity index (χ3n) is 5.63. The van der Waals surface area contributed by atoms with Crippen LogP contribution >= 0.6 is 0 Å². The van der Waals surface area contributed by atoms with Gasteiger partial charge in [-0.1, -0.05) is 24.3 Å². The number of hydrogen-bond donors (Lipinski definition) is 1. The molecule has 4 heteroatoms. The summed E-state index contributed by atoms with van der Waals surface area (Å²) in [4.78, 5) is 16.9. The number of hydrogen-bond acceptors (Lipinski definition) is 3. The van der Waals surface area contributed by atoms with Crippen molar-refractivity contribution in [1.29, 1.82) is 0 Å². The van der Waals surface area contributed by atoms with Crippen LogP contribution in [0.2, 0.25) is 0 Å². The number of nitrogens with zero attached hydrogens (tertiary/aromatic N) is 2. The molecule has 1 atom stereocenters. The maximum absolute atomic E-state index is 12.6. The fourth-order valence-electron chi connectivity index (χ4n) is 3.79. The van der Waals surface area contributed by atoms with Gasteiger partial charge in [-0.05, 0) is 54.8 Å². The molecule has 1 aliphatic heterocycles. The smallest absolute Gasteiger partial charge is 0.253 e. The number of amides is 1. The second-order valence-corrected chi connectivity index (χ2v) is 7.24. The quantitative estimate of drug-likeness (QED) is 0.681. The number of nitrogens with two attached hydrogens (primary N) is 1. The molecule has 2 aromatic carbocycles. The molecule has 1 saturated heterocycles. The first-order chi connectivity index (χ1) is 12.6. The van der Waals surface area contributed by atoms with Crippen molar-refractivity contribution in [3.05, 3.63) is 71.8 Å². The molecule has 134 valence electrons. The highest BCUT2D eigenvalue weighted by molar-refractivity contribution is 5.94. The zero-order valence-corrected chi connectivity index (χ0v) is 15.0. The van der Waals surface area contributed by atoms with Crippen molar-refractivity contribution in [3.8, 4) is 0 Å². The number of piperazine rings is 1. The Hall–Kier alpha value is -2.75. The van der Waals surface area contributed by atoms with Crippen LogP contribution in [-0.4, -0.2) is 37.0 Å². The molecular formula is C22H25N3O. The van der Waals surface area contributed by atoms with E-state index in [0.717, 1.165) is 32.6 Å². The Morgan fingerprint density at radius 2 is 1.62 bits per heavy atom. The summed E-state index contributed by atoms with van der Waals surface area (Å²) in [7, 11) is 0. The van der Waals surface area contributed by atoms with Crippen LogP contribution in [-0.2, 0) is 0 Å². The second kappa shape index (κ2) is 6.87. The molecule has 0 radical (unpaired) electrons. The fourth-order valence-corrected chi connectivity index (χ4v) is 3.79. The maximum Gasteiger partial charge on any atom is 0.253 e. The minimum atomic E-state index is 0.0866. The summed E-state index contributed by atoms with van der Waals surface area (Å²) in [6.45, 7) is 7.33. The van der Waals surface area contributed by atoms with Crippen LogP contribution in [0.4, 0.5) is 11.4 Å². The Bertz CT molecular complexity index is 802. The Balaban J connectivity index is 1.36. The van der Waals surface area contributed by atoms with E-state index in [1.165, 1.54) is 23.2 Å². The van der Waals surface area contributed by atoms with E-state index in [1.807, 2.05) is 4.90 Å². The summed E-state index contributed by atoms with van der Waals surface area (Å²) in [5.74, 6) is 0.641. The van der Waals surface area contributed by atoms with Gasteiger partial charge in [0, 0.05) is 49.0 Å². The molecule has 2 N–H and O–H groups in total. The Kier molecular flexibility index (Phi) is 4.41. The highest BCUT2D eigenvalue weighted by Crippen LogP contribution is 2.41. The lowest BCUT2D eigenvalue weighted by atomic mass is 9.76. The molecule has 1 heterocycles. The van der Waals surface area contributed by atoms with Crippen molar-refractivity contribution in [2.75, 3.05) is 36.8 Å². The van der Waals surface area contributed by atoms with Gasteiger partial charge < -0.3 is 15.5 Å². The average Bonchev–Trinajstić information content (AvgIpc) is 2.67. The first kappa shape index (κ1) is 16.7. The molecule has 1 aliphatic carbocycles. The van der Waals surface area contributed by atoms with Gasteiger partial charge in [0.25, 0.3) is 5.91 Å². The molecular weight excluding hydrogens is 322 g/mol. The molecule has 1 saturated carbocycles. The van der Waals surface area contributed by atoms with Crippen LogP contribution in [0.15, 0.2) is 60.7 Å². The minimum absolute atomic E-state index is 0.0866. The van der Waals surface area contributed by atoms with E-state index in [2.05, 4.69) is 35.7 Å². The van der Waals surface area contributed by atoms with E-state index >= 15 is 0 Å². The minimum Gasteiger partial charge on any atom is -0.399 e. The molecule has 4 nitrogen and oxygen atoms in total. The predicted molar refractivity (Wildman–Crippen MR) is 107 cm³/mol. The highest BCUT2D eigenvalue weighted by Gasteiger charge is 2.25. The lowest BCUT2D eigenvalue weighted by molar-refractivity contribution is 0.0747. The lowest BCUT2D eigenvalue weighted by Crippen LogP contribution is -2.48. The van der Waals surface area contributed by atoms with E-state index < -0.39 is 0 Å². The third kappa shape index (κ3) is 3.19. The zero-order chi connectivity index (χ0) is 18.1. The van der Waals surface area contributed by atoms with E-state index in [-0.39, 0.29) is 5.91 Å². The number of carbonyl (C=O) groups excluding carboxylic acids is 1. The number of rotatable bonds is 3. The van der Waals surface area contributed by atoms with Gasteiger partial charge >= 0.3 is 0 Å². The van der Waals surface area contributed by atoms with Crippen LogP contribution in [0.25, 0.3) is 0 Å². The molecule has 0 aromatic heterocycles. The Labute approximate surface area is 154 Å². The van der Waals surface area contributed by atoms with Crippen molar-refractivity contribution >= 4 is 17.3 Å². The summed E-state index contributed by atoms with van der Waals surface area (Å²) < 4.78 is 0. The van der Waals surface area contributed by atoms with Crippen molar-refractivity contribution in [1.82, 2.24) is 4.90 Å². The summed E-state index contributed by atoms with van der Waals surface area (Å²) in [5, 5.41) is 0. The van der Waals surface area contributed by atoms with Crippen LogP contribution in [0.5, 0.6) is 0 Å². The van der Waals surface area contributed by atoms with Crippen molar-refractivity contribution in [3.63, 3.8) is 0 Å². The topological polar surface area (TPSA) is 49.6 Å². The SMILES string of the molecule is C=C1CCC1c1ccc(N2CCN(C(=O)c3ccc(N)cc3)CC2)cc1. The van der Waals surface area contributed by atoms with Gasteiger partial charge in [0.1, 0.15) is 0 Å². The van der Waals surface area contributed by atoms with E-state index in [4.69, 9.17) is 5.73 Å². The van der Waals surface area contributed by atoms with E-state index in [1.54, 1.807) is 24.3 Å². The first-order valence-electron chi connectivity index (χ1n) is 9.29. The Morgan fingerprint density at radius 1 is 0.962 bits per heavy atom. The van der Waals surface area contributed by atoms with Gasteiger partial charge in [-0.15, -0.1) is 0 Å². The first-order valence-corrected chi connectivity index (χ1v) is 9.29. The number of benzene rings is 2. The van der Waals surface area contributed by atoms with Crippen LogP contribution in [0.1, 0.15) is 34.7 Å². The third-order valence-corrected chi connectivity index (χ3v) is 5.63. The highest BCUT2D eigenvalue weighted by atomic mass is 16.2. The van der Waals surface area contributed by atoms with Gasteiger partial charge in [-0.2, -0.15) is 0 Å². The molecule has 1 unspecified atom stereocenters. The molecule has 0 spiro atoms. The number of nitrogen functional groups attached to an aromatic ring is 1. The van der Waals surface area contributed by atoms with Crippen LogP contribution in [0.3, 0.4) is 0 Å². The largest absolute Gasteiger partial charge is 0.399 e. The molecule has 26 heavy (non-hydrogen) atoms. The fraction of sp³-hybridized carbons (Fsp3) is 0.318. The molecule has 2 aromatic rings. The molecule has 2 fully saturated rings. The van der Waals surface area contributed by atoms with E-state index in [0.29, 0.717) is 17.2 Å². The molecule has 1 amide bonds. The monoisotopic (exact) mass is 347 g/mol. The summed E-state index contributed by atoms with van der Waals surface area (Å²) in [6, 6.07) is 16.0. The number of carbonyl (C=O) groups is 1. The second-order valence-electron chi connectivity index (χ2n) is 7.24. The lowest BCUT2D eigenvalue weighted by Gasteiger charge is -2.36. The Morgan fingerprint density at radius 3 is 2.15 bits per heavy atom. The summed E-state index contributed by atoms with van der Waals surface area (Å²) >= 11 is 0. The van der Waals surface area contributed by atoms with Crippen LogP contribution in [0, 0.1) is 0 Å². The van der Waals surface area contributed by atoms with Gasteiger partial charge in [-0.25, -0.2) is 0 Å². The van der Waals surface area contributed by atoms with E-state index in [9.17, 15) is 4.79 Å². The standard InChI is InChI=1S/C22H25N3O/c1-16-2-11-21(16)17-5-9-20(10-6-17)24-12-14-25(15-13-24)22(26)18-3-7-19(23)8-4-18/h3-10,21H,1-2,11-15,23H2. The predicted octanol–water partition coefficient (Wildman–Crippen LogP) is 3.66. The average molecular weight is 347 g/mol. The number of anilines is 2. The zero-order valence-electron chi connectivity index (χ0n) is 15.0. The summed E-state index contributed by atoms with van der Waals surface area (Å²) in [6.07, 6.45) is 2.39. The van der Waals surface area contributed by atoms with Crippen molar-refractivity contribution in [2.24, 2.45) is 0 Å². The molecule has 2 aliphatic rings. The summed E-state index contributed by atoms with van der Waals surface area (Å²) in [5.41, 5.74) is 11.1. The molecule has 0 bridgehead atoms. The van der Waals surface area contributed by atoms with Gasteiger partial charge in [0.2, 0.25) is 0 Å². The normalized spacial score (nSPS) is 20.0. The van der Waals surface area contributed by atoms with Gasteiger partial charge in [0.15, 0.2) is 0 Å².